The molecular formula is C13H21S. The van der Waals surface area contributed by atoms with Gasteiger partial charge in [0.05, 0.1) is 0 Å². The van der Waals surface area contributed by atoms with Gasteiger partial charge in [0.2, 0.25) is 0 Å². The first-order valence-electron chi connectivity index (χ1n) is 5.78. The maximum Gasteiger partial charge on any atom is 0.0380 e. The Kier molecular flexibility index (Phi) is 7.67. The van der Waals surface area contributed by atoms with Gasteiger partial charge in [-0.25, -0.2) is 0 Å². The maximum atomic E-state index is 2.27. The summed E-state index contributed by atoms with van der Waals surface area (Å²) in [5.74, 6) is 1.29. The number of rotatable bonds is 8. The van der Waals surface area contributed by atoms with E-state index in [1.54, 1.807) is 0 Å². The monoisotopic (exact) mass is 209 g/mol. The first-order chi connectivity index (χ1) is 6.93. The predicted octanol–water partition coefficient (Wildman–Crippen LogP) is 4.44. The predicted molar refractivity (Wildman–Crippen MR) is 66.3 cm³/mol. The molecule has 0 aromatic carbocycles. The van der Waals surface area contributed by atoms with Crippen molar-refractivity contribution in [1.82, 2.24) is 0 Å². The number of thioether (sulfide) groups is 1. The second-order valence-electron chi connectivity index (χ2n) is 3.74. The van der Waals surface area contributed by atoms with Crippen molar-refractivity contribution >= 4 is 11.8 Å². The van der Waals surface area contributed by atoms with Crippen LogP contribution in [0.25, 0.3) is 0 Å². The van der Waals surface area contributed by atoms with Gasteiger partial charge in [0.25, 0.3) is 0 Å². The Labute approximate surface area is 94.2 Å². The third-order valence-electron chi connectivity index (χ3n) is 2.40. The smallest absolute Gasteiger partial charge is 0.0380 e. The molecule has 0 heterocycles. The van der Waals surface area contributed by atoms with Crippen LogP contribution in [-0.2, 0) is 0 Å². The fraction of sp³-hybridized carbons (Fsp3) is 0.615. The Morgan fingerprint density at radius 2 is 1.57 bits per heavy atom. The van der Waals surface area contributed by atoms with Crippen LogP contribution >= 0.6 is 11.8 Å². The molecule has 0 N–H and O–H groups in total. The van der Waals surface area contributed by atoms with Crippen molar-refractivity contribution in [2.24, 2.45) is 0 Å². The summed E-state index contributed by atoms with van der Waals surface area (Å²) in [6.45, 7) is 2.27. The Morgan fingerprint density at radius 1 is 0.929 bits per heavy atom. The van der Waals surface area contributed by atoms with Crippen LogP contribution in [0.3, 0.4) is 0 Å². The van der Waals surface area contributed by atoms with E-state index in [1.807, 2.05) is 11.8 Å². The van der Waals surface area contributed by atoms with Gasteiger partial charge in [0.1, 0.15) is 0 Å². The summed E-state index contributed by atoms with van der Waals surface area (Å²) >= 11 is 1.99. The van der Waals surface area contributed by atoms with E-state index in [0.717, 1.165) is 0 Å². The molecule has 0 bridgehead atoms. The standard InChI is InChI=1S/C13H21S/c1-2-3-4-5-6-9-12-14-13-10-7-8-11-13/h7-8,10-11H,2-6,9,12H2,1H3. The summed E-state index contributed by atoms with van der Waals surface area (Å²) in [4.78, 5) is 0. The second-order valence-corrected chi connectivity index (χ2v) is 4.91. The molecule has 0 amide bonds. The summed E-state index contributed by atoms with van der Waals surface area (Å²) in [6, 6.07) is 0. The van der Waals surface area contributed by atoms with Crippen LogP contribution in [0.15, 0.2) is 0 Å². The molecule has 0 nitrogen and oxygen atoms in total. The molecule has 5 radical (unpaired) electrons. The second kappa shape index (κ2) is 8.64. The van der Waals surface area contributed by atoms with E-state index in [4.69, 9.17) is 0 Å². The van der Waals surface area contributed by atoms with Crippen molar-refractivity contribution < 1.29 is 0 Å². The lowest BCUT2D eigenvalue weighted by Crippen LogP contribution is -1.88. The highest BCUT2D eigenvalue weighted by molar-refractivity contribution is 8.02. The van der Waals surface area contributed by atoms with Gasteiger partial charge in [-0.2, -0.15) is 11.8 Å². The lowest BCUT2D eigenvalue weighted by atomic mass is 10.1. The minimum Gasteiger partial charge on any atom is -0.153 e. The lowest BCUT2D eigenvalue weighted by molar-refractivity contribution is 0.627. The Hall–Kier alpha value is 0.350. The quantitative estimate of drug-likeness (QED) is 0.532. The van der Waals surface area contributed by atoms with E-state index >= 15 is 0 Å². The van der Waals surface area contributed by atoms with Crippen molar-refractivity contribution in [3.05, 3.63) is 30.9 Å². The largest absolute Gasteiger partial charge is 0.153 e. The molecular weight excluding hydrogens is 188 g/mol. The van der Waals surface area contributed by atoms with Crippen molar-refractivity contribution in [1.29, 1.82) is 0 Å². The molecule has 1 rings (SSSR count). The average molecular weight is 209 g/mol. The van der Waals surface area contributed by atoms with Crippen molar-refractivity contribution in [3.8, 4) is 0 Å². The molecule has 0 aliphatic heterocycles. The molecule has 0 atom stereocenters. The van der Waals surface area contributed by atoms with Crippen LogP contribution in [-0.4, -0.2) is 5.75 Å². The van der Waals surface area contributed by atoms with E-state index in [9.17, 15) is 0 Å². The minimum atomic E-state index is 1.29. The molecule has 0 aromatic rings. The normalized spacial score (nSPS) is 17.8. The van der Waals surface area contributed by atoms with Crippen LogP contribution in [0.5, 0.6) is 0 Å². The number of unbranched alkanes of at least 4 members (excludes halogenated alkanes) is 5. The zero-order chi connectivity index (χ0) is 10.1. The Balaban J connectivity index is 1.75. The van der Waals surface area contributed by atoms with Gasteiger partial charge >= 0.3 is 0 Å². The van der Waals surface area contributed by atoms with Gasteiger partial charge in [0.15, 0.2) is 0 Å². The first kappa shape index (κ1) is 12.4. The van der Waals surface area contributed by atoms with E-state index in [2.05, 4.69) is 32.6 Å². The van der Waals surface area contributed by atoms with Gasteiger partial charge in [-0.15, -0.1) is 0 Å². The van der Waals surface area contributed by atoms with Crippen LogP contribution in [0.2, 0.25) is 0 Å². The van der Waals surface area contributed by atoms with Gasteiger partial charge in [0, 0.05) is 5.25 Å². The molecule has 0 spiro atoms. The summed E-state index contributed by atoms with van der Waals surface area (Å²) in [6.07, 6.45) is 17.0. The molecule has 1 fully saturated rings. The third kappa shape index (κ3) is 5.95. The fourth-order valence-corrected chi connectivity index (χ4v) is 2.46. The molecule has 79 valence electrons. The molecule has 14 heavy (non-hydrogen) atoms. The van der Waals surface area contributed by atoms with E-state index in [-0.39, 0.29) is 0 Å². The SMILES string of the molecule is CCCCCCCCS[C]1[CH][CH][CH][CH]1. The zero-order valence-electron chi connectivity index (χ0n) is 9.17. The Bertz CT molecular complexity index is 116. The van der Waals surface area contributed by atoms with E-state index < -0.39 is 0 Å². The van der Waals surface area contributed by atoms with Crippen LogP contribution < -0.4 is 0 Å². The summed E-state index contributed by atoms with van der Waals surface area (Å²) < 4.78 is 0. The van der Waals surface area contributed by atoms with Crippen LogP contribution in [0.1, 0.15) is 45.4 Å². The van der Waals surface area contributed by atoms with Crippen LogP contribution in [0, 0.1) is 30.9 Å². The van der Waals surface area contributed by atoms with E-state index in [0.29, 0.717) is 0 Å². The van der Waals surface area contributed by atoms with Crippen molar-refractivity contribution in [3.63, 3.8) is 0 Å². The first-order valence-corrected chi connectivity index (χ1v) is 6.76. The van der Waals surface area contributed by atoms with Crippen molar-refractivity contribution in [2.45, 2.75) is 45.4 Å². The summed E-state index contributed by atoms with van der Waals surface area (Å²) in [5, 5.41) is 1.43. The number of hydrogen-bond donors (Lipinski definition) is 0. The topological polar surface area (TPSA) is 0 Å². The lowest BCUT2D eigenvalue weighted by Gasteiger charge is -2.06. The van der Waals surface area contributed by atoms with Gasteiger partial charge in [-0.3, -0.25) is 0 Å². The van der Waals surface area contributed by atoms with E-state index in [1.165, 1.54) is 49.5 Å². The van der Waals surface area contributed by atoms with Gasteiger partial charge in [-0.1, -0.05) is 39.0 Å². The van der Waals surface area contributed by atoms with Gasteiger partial charge in [-0.05, 0) is 37.9 Å². The molecule has 0 saturated heterocycles. The maximum absolute atomic E-state index is 2.27. The number of hydrogen-bond acceptors (Lipinski definition) is 1. The average Bonchev–Trinajstić information content (AvgIpc) is 2.69. The highest BCUT2D eigenvalue weighted by Gasteiger charge is 2.16. The Morgan fingerprint density at radius 3 is 2.29 bits per heavy atom. The fourth-order valence-electron chi connectivity index (χ4n) is 1.52. The highest BCUT2D eigenvalue weighted by atomic mass is 32.2. The molecule has 1 aliphatic rings. The minimum absolute atomic E-state index is 1.29. The molecule has 0 aromatic heterocycles. The third-order valence-corrected chi connectivity index (χ3v) is 3.50. The molecule has 1 heteroatoms. The summed E-state index contributed by atoms with van der Waals surface area (Å²) in [5.41, 5.74) is 0. The zero-order valence-corrected chi connectivity index (χ0v) is 9.98. The highest BCUT2D eigenvalue weighted by Crippen LogP contribution is 2.34. The van der Waals surface area contributed by atoms with Crippen LogP contribution in [0.4, 0.5) is 0 Å². The van der Waals surface area contributed by atoms with Crippen molar-refractivity contribution in [2.75, 3.05) is 5.75 Å². The van der Waals surface area contributed by atoms with Gasteiger partial charge < -0.3 is 0 Å². The summed E-state index contributed by atoms with van der Waals surface area (Å²) in [7, 11) is 0. The molecule has 1 aliphatic carbocycles. The molecule has 1 saturated carbocycles. The molecule has 0 unspecified atom stereocenters.